The molecule has 0 spiro atoms. The normalized spacial score (nSPS) is 14.0. The molecule has 140 valence electrons. The molecule has 0 radical (unpaired) electrons. The summed E-state index contributed by atoms with van der Waals surface area (Å²) in [4.78, 5) is 2.38. The first-order chi connectivity index (χ1) is 13.2. The molecule has 0 bridgehead atoms. The van der Waals surface area contributed by atoms with Gasteiger partial charge in [0.1, 0.15) is 5.82 Å². The monoisotopic (exact) mass is 382 g/mol. The van der Waals surface area contributed by atoms with Gasteiger partial charge in [0.15, 0.2) is 10.6 Å². The summed E-state index contributed by atoms with van der Waals surface area (Å²) in [6, 6.07) is 17.4. The van der Waals surface area contributed by atoms with Crippen LogP contribution in [0.3, 0.4) is 0 Å². The molecule has 1 saturated carbocycles. The summed E-state index contributed by atoms with van der Waals surface area (Å²) in [7, 11) is 0. The Bertz CT molecular complexity index is 958. The van der Waals surface area contributed by atoms with Crippen LogP contribution >= 0.6 is 12.2 Å². The Balaban J connectivity index is 1.61. The smallest absolute Gasteiger partial charge is 0.199 e. The molecule has 3 aromatic rings. The molecule has 4 rings (SSSR count). The lowest BCUT2D eigenvalue weighted by molar-refractivity contribution is 0.186. The van der Waals surface area contributed by atoms with Crippen molar-refractivity contribution in [1.82, 2.24) is 19.2 Å². The number of hydrogen-bond acceptors (Lipinski definition) is 3. The molecular formula is C21H23FN4S. The molecule has 2 aromatic carbocycles. The van der Waals surface area contributed by atoms with Gasteiger partial charge in [-0.1, -0.05) is 42.5 Å². The third-order valence-electron chi connectivity index (χ3n) is 4.95. The van der Waals surface area contributed by atoms with E-state index >= 15 is 0 Å². The fourth-order valence-corrected chi connectivity index (χ4v) is 3.66. The van der Waals surface area contributed by atoms with Gasteiger partial charge in [-0.05, 0) is 49.7 Å². The van der Waals surface area contributed by atoms with Crippen LogP contribution in [-0.4, -0.2) is 25.3 Å². The number of nitrogens with zero attached hydrogens (tertiary/aromatic N) is 4. The summed E-state index contributed by atoms with van der Waals surface area (Å²) in [6.45, 7) is 4.29. The fourth-order valence-electron chi connectivity index (χ4n) is 3.35. The van der Waals surface area contributed by atoms with E-state index in [0.29, 0.717) is 12.7 Å². The molecule has 1 heterocycles. The van der Waals surface area contributed by atoms with Crippen LogP contribution in [0.2, 0.25) is 0 Å². The number of rotatable bonds is 7. The zero-order chi connectivity index (χ0) is 18.8. The van der Waals surface area contributed by atoms with E-state index in [1.165, 1.54) is 25.0 Å². The standard InChI is InChI=1S/C21H23FN4S/c1-2-25-20(17-6-4-3-5-7-17)23-26(21(25)27)15-24(19-12-13-19)14-16-8-10-18(22)11-9-16/h3-11,19H,2,12-15H2,1H3. The van der Waals surface area contributed by atoms with E-state index in [1.807, 2.05) is 35.0 Å². The molecule has 1 aliphatic carbocycles. The van der Waals surface area contributed by atoms with Gasteiger partial charge in [-0.15, -0.1) is 0 Å². The van der Waals surface area contributed by atoms with Crippen LogP contribution in [0.25, 0.3) is 11.4 Å². The molecule has 0 N–H and O–H groups in total. The topological polar surface area (TPSA) is 26.0 Å². The molecule has 27 heavy (non-hydrogen) atoms. The number of hydrogen-bond donors (Lipinski definition) is 0. The van der Waals surface area contributed by atoms with Crippen molar-refractivity contribution >= 4 is 12.2 Å². The van der Waals surface area contributed by atoms with Crippen LogP contribution in [0.1, 0.15) is 25.3 Å². The second-order valence-electron chi connectivity index (χ2n) is 6.96. The van der Waals surface area contributed by atoms with E-state index in [2.05, 4.69) is 28.5 Å². The lowest BCUT2D eigenvalue weighted by Crippen LogP contribution is -2.29. The summed E-state index contributed by atoms with van der Waals surface area (Å²) < 4.78 is 17.9. The third-order valence-corrected chi connectivity index (χ3v) is 5.38. The van der Waals surface area contributed by atoms with Crippen LogP contribution in [-0.2, 0) is 19.8 Å². The number of halogens is 1. The van der Waals surface area contributed by atoms with Crippen LogP contribution < -0.4 is 0 Å². The van der Waals surface area contributed by atoms with Gasteiger partial charge in [-0.25, -0.2) is 9.07 Å². The Labute approximate surface area is 163 Å². The molecule has 0 unspecified atom stereocenters. The molecule has 1 aliphatic rings. The minimum atomic E-state index is -0.201. The molecular weight excluding hydrogens is 359 g/mol. The van der Waals surface area contributed by atoms with Gasteiger partial charge in [-0.2, -0.15) is 5.10 Å². The van der Waals surface area contributed by atoms with Gasteiger partial charge in [0.05, 0.1) is 6.67 Å². The van der Waals surface area contributed by atoms with E-state index in [9.17, 15) is 4.39 Å². The van der Waals surface area contributed by atoms with Crippen molar-refractivity contribution in [2.45, 2.75) is 45.6 Å². The average Bonchev–Trinajstić information content (AvgIpc) is 3.49. The molecule has 6 heteroatoms. The molecule has 4 nitrogen and oxygen atoms in total. The van der Waals surface area contributed by atoms with Gasteiger partial charge in [0, 0.05) is 24.7 Å². The van der Waals surface area contributed by atoms with Crippen LogP contribution in [0.15, 0.2) is 54.6 Å². The molecule has 0 saturated heterocycles. The van der Waals surface area contributed by atoms with Crippen molar-refractivity contribution in [2.24, 2.45) is 0 Å². The molecule has 0 aliphatic heterocycles. The highest BCUT2D eigenvalue weighted by Gasteiger charge is 2.30. The second-order valence-corrected chi connectivity index (χ2v) is 7.33. The summed E-state index contributed by atoms with van der Waals surface area (Å²) in [5.74, 6) is 0.703. The number of benzene rings is 2. The molecule has 0 atom stereocenters. The molecule has 0 amide bonds. The highest BCUT2D eigenvalue weighted by Crippen LogP contribution is 2.29. The minimum Gasteiger partial charge on any atom is -0.300 e. The summed E-state index contributed by atoms with van der Waals surface area (Å²) in [5.41, 5.74) is 2.17. The predicted octanol–water partition coefficient (Wildman–Crippen LogP) is 4.86. The Hall–Kier alpha value is -2.31. The summed E-state index contributed by atoms with van der Waals surface area (Å²) in [6.07, 6.45) is 2.38. The summed E-state index contributed by atoms with van der Waals surface area (Å²) in [5, 5.41) is 4.83. The van der Waals surface area contributed by atoms with Crippen molar-refractivity contribution in [2.75, 3.05) is 0 Å². The van der Waals surface area contributed by atoms with E-state index < -0.39 is 0 Å². The van der Waals surface area contributed by atoms with Crippen LogP contribution in [0.5, 0.6) is 0 Å². The van der Waals surface area contributed by atoms with Crippen LogP contribution in [0.4, 0.5) is 4.39 Å². The van der Waals surface area contributed by atoms with Gasteiger partial charge < -0.3 is 4.57 Å². The zero-order valence-electron chi connectivity index (χ0n) is 15.4. The molecule has 1 fully saturated rings. The SMILES string of the molecule is CCn1c(-c2ccccc2)nn(CN(Cc2ccc(F)cc2)C2CC2)c1=S. The Morgan fingerprint density at radius 3 is 2.44 bits per heavy atom. The van der Waals surface area contributed by atoms with Crippen molar-refractivity contribution in [1.29, 1.82) is 0 Å². The highest BCUT2D eigenvalue weighted by atomic mass is 32.1. The minimum absolute atomic E-state index is 0.201. The van der Waals surface area contributed by atoms with Gasteiger partial charge in [-0.3, -0.25) is 4.90 Å². The first-order valence-corrected chi connectivity index (χ1v) is 9.78. The zero-order valence-corrected chi connectivity index (χ0v) is 16.2. The quantitative estimate of drug-likeness (QED) is 0.546. The Morgan fingerprint density at radius 2 is 1.81 bits per heavy atom. The van der Waals surface area contributed by atoms with Gasteiger partial charge in [0.2, 0.25) is 0 Å². The first-order valence-electron chi connectivity index (χ1n) is 9.37. The van der Waals surface area contributed by atoms with Gasteiger partial charge >= 0.3 is 0 Å². The Morgan fingerprint density at radius 1 is 1.11 bits per heavy atom. The van der Waals surface area contributed by atoms with E-state index in [4.69, 9.17) is 17.3 Å². The maximum Gasteiger partial charge on any atom is 0.199 e. The maximum absolute atomic E-state index is 13.2. The lowest BCUT2D eigenvalue weighted by atomic mass is 10.2. The fraction of sp³-hybridized carbons (Fsp3) is 0.333. The molecule has 1 aromatic heterocycles. The largest absolute Gasteiger partial charge is 0.300 e. The Kier molecular flexibility index (Phi) is 5.18. The number of aromatic nitrogens is 3. The van der Waals surface area contributed by atoms with Crippen molar-refractivity contribution < 1.29 is 4.39 Å². The van der Waals surface area contributed by atoms with Crippen molar-refractivity contribution in [3.63, 3.8) is 0 Å². The van der Waals surface area contributed by atoms with Gasteiger partial charge in [0.25, 0.3) is 0 Å². The first kappa shape index (κ1) is 18.1. The lowest BCUT2D eigenvalue weighted by Gasteiger charge is -2.21. The van der Waals surface area contributed by atoms with E-state index in [0.717, 1.165) is 34.8 Å². The predicted molar refractivity (Wildman–Crippen MR) is 107 cm³/mol. The average molecular weight is 383 g/mol. The van der Waals surface area contributed by atoms with E-state index in [-0.39, 0.29) is 5.82 Å². The third kappa shape index (κ3) is 4.01. The highest BCUT2D eigenvalue weighted by molar-refractivity contribution is 7.71. The van der Waals surface area contributed by atoms with Crippen molar-refractivity contribution in [3.8, 4) is 11.4 Å². The maximum atomic E-state index is 13.2. The van der Waals surface area contributed by atoms with Crippen molar-refractivity contribution in [3.05, 3.63) is 70.7 Å². The second kappa shape index (κ2) is 7.74. The van der Waals surface area contributed by atoms with E-state index in [1.54, 1.807) is 0 Å². The van der Waals surface area contributed by atoms with Crippen LogP contribution in [0, 0.1) is 10.6 Å². The summed E-state index contributed by atoms with van der Waals surface area (Å²) >= 11 is 5.71.